The Morgan fingerprint density at radius 2 is 2.00 bits per heavy atom. The minimum Gasteiger partial charge on any atom is -0.310 e. The molecule has 1 atom stereocenters. The number of aryl methyl sites for hydroxylation is 2. The van der Waals surface area contributed by atoms with Crippen molar-refractivity contribution in [2.24, 2.45) is 5.92 Å². The zero-order valence-electron chi connectivity index (χ0n) is 12.3. The number of rotatable bonds is 3. The molecule has 2 aliphatic rings. The molecule has 104 valence electrons. The maximum atomic E-state index is 3.83. The monoisotopic (exact) mass is 258 g/mol. The molecule has 1 N–H and O–H groups in total. The van der Waals surface area contributed by atoms with Gasteiger partial charge in [-0.25, -0.2) is 0 Å². The van der Waals surface area contributed by atoms with Gasteiger partial charge in [-0.3, -0.25) is 0 Å². The summed E-state index contributed by atoms with van der Waals surface area (Å²) < 4.78 is 0. The lowest BCUT2D eigenvalue weighted by Gasteiger charge is -2.30. The molecule has 2 nitrogen and oxygen atoms in total. The van der Waals surface area contributed by atoms with Crippen LogP contribution in [0.25, 0.3) is 0 Å². The smallest absolute Gasteiger partial charge is 0.0326 e. The largest absolute Gasteiger partial charge is 0.310 e. The van der Waals surface area contributed by atoms with Crippen molar-refractivity contribution in [1.29, 1.82) is 0 Å². The third kappa shape index (κ3) is 3.01. The lowest BCUT2D eigenvalue weighted by molar-refractivity contribution is 0.212. The van der Waals surface area contributed by atoms with Crippen LogP contribution in [-0.2, 0) is 6.42 Å². The molecular formula is C17H26N2. The SMILES string of the molecule is Cc1ccc2c(c1)C(NCC1CCN(C)CC1)CC2. The summed E-state index contributed by atoms with van der Waals surface area (Å²) in [6.07, 6.45) is 5.25. The van der Waals surface area contributed by atoms with Gasteiger partial charge < -0.3 is 10.2 Å². The Balaban J connectivity index is 1.56. The van der Waals surface area contributed by atoms with Gasteiger partial charge in [0, 0.05) is 6.04 Å². The fourth-order valence-electron chi connectivity index (χ4n) is 3.51. The van der Waals surface area contributed by atoms with Crippen molar-refractivity contribution < 1.29 is 0 Å². The van der Waals surface area contributed by atoms with E-state index in [1.54, 1.807) is 11.1 Å². The molecule has 19 heavy (non-hydrogen) atoms. The molecule has 0 bridgehead atoms. The van der Waals surface area contributed by atoms with Crippen LogP contribution in [0.4, 0.5) is 0 Å². The molecule has 0 amide bonds. The van der Waals surface area contributed by atoms with Gasteiger partial charge in [-0.1, -0.05) is 23.8 Å². The van der Waals surface area contributed by atoms with Gasteiger partial charge in [0.25, 0.3) is 0 Å². The third-order valence-corrected chi connectivity index (χ3v) is 4.87. The Labute approximate surface area is 117 Å². The highest BCUT2D eigenvalue weighted by Crippen LogP contribution is 2.32. The molecule has 1 heterocycles. The van der Waals surface area contributed by atoms with Gasteiger partial charge in [0.1, 0.15) is 0 Å². The average Bonchev–Trinajstić information content (AvgIpc) is 2.80. The Bertz CT molecular complexity index is 433. The van der Waals surface area contributed by atoms with E-state index in [0.29, 0.717) is 6.04 Å². The quantitative estimate of drug-likeness (QED) is 0.897. The van der Waals surface area contributed by atoms with Crippen LogP contribution in [0.15, 0.2) is 18.2 Å². The van der Waals surface area contributed by atoms with Crippen LogP contribution in [0.3, 0.4) is 0 Å². The summed E-state index contributed by atoms with van der Waals surface area (Å²) in [6.45, 7) is 5.94. The number of hydrogen-bond donors (Lipinski definition) is 1. The van der Waals surface area contributed by atoms with E-state index in [0.717, 1.165) is 5.92 Å². The van der Waals surface area contributed by atoms with Crippen molar-refractivity contribution in [2.75, 3.05) is 26.7 Å². The summed E-state index contributed by atoms with van der Waals surface area (Å²) in [4.78, 5) is 2.45. The van der Waals surface area contributed by atoms with Crippen LogP contribution in [0.5, 0.6) is 0 Å². The van der Waals surface area contributed by atoms with Crippen molar-refractivity contribution in [1.82, 2.24) is 10.2 Å². The molecule has 1 unspecified atom stereocenters. The molecular weight excluding hydrogens is 232 g/mol. The van der Waals surface area contributed by atoms with E-state index < -0.39 is 0 Å². The predicted octanol–water partition coefficient (Wildman–Crippen LogP) is 2.91. The summed E-state index contributed by atoms with van der Waals surface area (Å²) in [5.74, 6) is 0.880. The highest BCUT2D eigenvalue weighted by molar-refractivity contribution is 5.37. The summed E-state index contributed by atoms with van der Waals surface area (Å²) in [5, 5.41) is 3.83. The van der Waals surface area contributed by atoms with Gasteiger partial charge in [-0.15, -0.1) is 0 Å². The predicted molar refractivity (Wildman–Crippen MR) is 80.5 cm³/mol. The molecule has 0 aromatic heterocycles. The first-order valence-corrected chi connectivity index (χ1v) is 7.74. The van der Waals surface area contributed by atoms with E-state index in [2.05, 4.69) is 42.4 Å². The topological polar surface area (TPSA) is 15.3 Å². The van der Waals surface area contributed by atoms with Gasteiger partial charge in [0.05, 0.1) is 0 Å². The van der Waals surface area contributed by atoms with Gasteiger partial charge in [-0.2, -0.15) is 0 Å². The Morgan fingerprint density at radius 1 is 1.21 bits per heavy atom. The molecule has 1 aromatic carbocycles. The molecule has 1 aromatic rings. The maximum Gasteiger partial charge on any atom is 0.0326 e. The molecule has 1 aliphatic carbocycles. The average molecular weight is 258 g/mol. The number of fused-ring (bicyclic) bond motifs is 1. The van der Waals surface area contributed by atoms with Gasteiger partial charge in [0.2, 0.25) is 0 Å². The van der Waals surface area contributed by atoms with Crippen molar-refractivity contribution in [3.63, 3.8) is 0 Å². The third-order valence-electron chi connectivity index (χ3n) is 4.87. The summed E-state index contributed by atoms with van der Waals surface area (Å²) in [6, 6.07) is 7.56. The van der Waals surface area contributed by atoms with E-state index in [-0.39, 0.29) is 0 Å². The fourth-order valence-corrected chi connectivity index (χ4v) is 3.51. The summed E-state index contributed by atoms with van der Waals surface area (Å²) in [5.41, 5.74) is 4.52. The summed E-state index contributed by atoms with van der Waals surface area (Å²) >= 11 is 0. The number of likely N-dealkylation sites (tertiary alicyclic amines) is 1. The molecule has 2 heteroatoms. The van der Waals surface area contributed by atoms with Crippen LogP contribution >= 0.6 is 0 Å². The van der Waals surface area contributed by atoms with Crippen molar-refractivity contribution in [3.8, 4) is 0 Å². The van der Waals surface area contributed by atoms with E-state index >= 15 is 0 Å². The molecule has 1 fully saturated rings. The van der Waals surface area contributed by atoms with Crippen molar-refractivity contribution in [2.45, 2.75) is 38.6 Å². The molecule has 0 saturated carbocycles. The van der Waals surface area contributed by atoms with Crippen LogP contribution < -0.4 is 5.32 Å². The molecule has 3 rings (SSSR count). The number of benzene rings is 1. The maximum absolute atomic E-state index is 3.83. The highest BCUT2D eigenvalue weighted by atomic mass is 15.1. The zero-order valence-corrected chi connectivity index (χ0v) is 12.3. The van der Waals surface area contributed by atoms with Crippen molar-refractivity contribution in [3.05, 3.63) is 34.9 Å². The minimum atomic E-state index is 0.606. The van der Waals surface area contributed by atoms with Crippen LogP contribution in [0.1, 0.15) is 42.0 Å². The lowest BCUT2D eigenvalue weighted by Crippen LogP contribution is -2.35. The van der Waals surface area contributed by atoms with E-state index in [4.69, 9.17) is 0 Å². The fraction of sp³-hybridized carbons (Fsp3) is 0.647. The first kappa shape index (κ1) is 13.1. The second-order valence-corrected chi connectivity index (χ2v) is 6.45. The van der Waals surface area contributed by atoms with Gasteiger partial charge in [0.15, 0.2) is 0 Å². The van der Waals surface area contributed by atoms with Gasteiger partial charge >= 0.3 is 0 Å². The van der Waals surface area contributed by atoms with E-state index in [1.807, 2.05) is 0 Å². The van der Waals surface area contributed by atoms with Gasteiger partial charge in [-0.05, 0) is 76.3 Å². The molecule has 0 spiro atoms. The first-order valence-electron chi connectivity index (χ1n) is 7.74. The normalized spacial score (nSPS) is 24.6. The minimum absolute atomic E-state index is 0.606. The molecule has 0 radical (unpaired) electrons. The molecule has 1 saturated heterocycles. The lowest BCUT2D eigenvalue weighted by atomic mass is 9.96. The van der Waals surface area contributed by atoms with Crippen molar-refractivity contribution >= 4 is 0 Å². The van der Waals surface area contributed by atoms with Crippen LogP contribution in [-0.4, -0.2) is 31.6 Å². The van der Waals surface area contributed by atoms with Crippen LogP contribution in [0, 0.1) is 12.8 Å². The summed E-state index contributed by atoms with van der Waals surface area (Å²) in [7, 11) is 2.24. The highest BCUT2D eigenvalue weighted by Gasteiger charge is 2.23. The first-order chi connectivity index (χ1) is 9.22. The number of nitrogens with zero attached hydrogens (tertiary/aromatic N) is 1. The van der Waals surface area contributed by atoms with Crippen LogP contribution in [0.2, 0.25) is 0 Å². The van der Waals surface area contributed by atoms with E-state index in [1.165, 1.54) is 50.9 Å². The molecule has 1 aliphatic heterocycles. The Kier molecular flexibility index (Phi) is 3.90. The number of hydrogen-bond acceptors (Lipinski definition) is 2. The number of piperidine rings is 1. The second kappa shape index (κ2) is 5.64. The van der Waals surface area contributed by atoms with E-state index in [9.17, 15) is 0 Å². The second-order valence-electron chi connectivity index (χ2n) is 6.45. The Hall–Kier alpha value is -0.860. The standard InChI is InChI=1S/C17H26N2/c1-13-3-4-15-5-6-17(16(15)11-13)18-12-14-7-9-19(2)10-8-14/h3-4,11,14,17-18H,5-10,12H2,1-2H3. The zero-order chi connectivity index (χ0) is 13.2. The number of nitrogens with one attached hydrogen (secondary N) is 1. The Morgan fingerprint density at radius 3 is 2.79 bits per heavy atom.